The molecule has 0 radical (unpaired) electrons. The van der Waals surface area contributed by atoms with Gasteiger partial charge in [0.1, 0.15) is 0 Å². The van der Waals surface area contributed by atoms with Crippen molar-refractivity contribution < 1.29 is 4.79 Å². The molecular formula is C12H14Cl2N4OS. The average molecular weight is 333 g/mol. The third kappa shape index (κ3) is 3.77. The van der Waals surface area contributed by atoms with Crippen molar-refractivity contribution in [1.29, 1.82) is 0 Å². The van der Waals surface area contributed by atoms with Crippen LogP contribution in [-0.4, -0.2) is 31.8 Å². The van der Waals surface area contributed by atoms with Crippen LogP contribution in [0.1, 0.15) is 20.8 Å². The lowest BCUT2D eigenvalue weighted by Gasteiger charge is -2.20. The van der Waals surface area contributed by atoms with Crippen molar-refractivity contribution in [3.8, 4) is 0 Å². The van der Waals surface area contributed by atoms with Gasteiger partial charge >= 0.3 is 0 Å². The number of nitrogens with zero attached hydrogens (tertiary/aromatic N) is 3. The Morgan fingerprint density at radius 2 is 2.10 bits per heavy atom. The van der Waals surface area contributed by atoms with E-state index in [4.69, 9.17) is 23.2 Å². The Morgan fingerprint density at radius 1 is 1.40 bits per heavy atom. The molecule has 0 aliphatic carbocycles. The molecule has 0 spiro atoms. The van der Waals surface area contributed by atoms with Gasteiger partial charge in [0.2, 0.25) is 5.91 Å². The van der Waals surface area contributed by atoms with Gasteiger partial charge in [-0.05, 0) is 26.8 Å². The standard InChI is InChI=1S/C12H14Cl2N4OS/c1-12(2,3)15-9(19)6-20-11-17-16-10-8(14)4-7(13)5-18(10)11/h4-5H,6H2,1-3H3,(H,15,19). The molecule has 0 aromatic carbocycles. The summed E-state index contributed by atoms with van der Waals surface area (Å²) in [6.07, 6.45) is 1.67. The molecule has 0 saturated heterocycles. The van der Waals surface area contributed by atoms with Crippen LogP contribution < -0.4 is 5.32 Å². The van der Waals surface area contributed by atoms with Gasteiger partial charge in [-0.2, -0.15) is 0 Å². The van der Waals surface area contributed by atoms with Gasteiger partial charge in [-0.1, -0.05) is 35.0 Å². The predicted octanol–water partition coefficient (Wildman–Crippen LogP) is 3.04. The molecule has 0 aliphatic rings. The van der Waals surface area contributed by atoms with Crippen LogP contribution in [0.25, 0.3) is 5.65 Å². The molecule has 0 atom stereocenters. The maximum absolute atomic E-state index is 11.8. The van der Waals surface area contributed by atoms with Gasteiger partial charge in [0.15, 0.2) is 10.8 Å². The highest BCUT2D eigenvalue weighted by molar-refractivity contribution is 7.99. The van der Waals surface area contributed by atoms with E-state index in [0.717, 1.165) is 0 Å². The summed E-state index contributed by atoms with van der Waals surface area (Å²) < 4.78 is 1.68. The Hall–Kier alpha value is -0.980. The van der Waals surface area contributed by atoms with E-state index in [2.05, 4.69) is 15.5 Å². The number of pyridine rings is 1. The first kappa shape index (κ1) is 15.4. The Bertz CT molecular complexity index is 651. The quantitative estimate of drug-likeness (QED) is 0.877. The molecule has 108 valence electrons. The van der Waals surface area contributed by atoms with Crippen LogP contribution in [-0.2, 0) is 4.79 Å². The second kappa shape index (κ2) is 5.79. The van der Waals surface area contributed by atoms with Gasteiger partial charge < -0.3 is 5.32 Å². The fourth-order valence-electron chi connectivity index (χ4n) is 1.59. The van der Waals surface area contributed by atoms with Crippen LogP contribution in [0.4, 0.5) is 0 Å². The maximum Gasteiger partial charge on any atom is 0.230 e. The number of nitrogens with one attached hydrogen (secondary N) is 1. The van der Waals surface area contributed by atoms with E-state index in [-0.39, 0.29) is 17.2 Å². The summed E-state index contributed by atoms with van der Waals surface area (Å²) in [6, 6.07) is 1.61. The number of carbonyl (C=O) groups is 1. The Kier molecular flexibility index (Phi) is 4.46. The van der Waals surface area contributed by atoms with Crippen molar-refractivity contribution >= 4 is 46.5 Å². The minimum atomic E-state index is -0.253. The van der Waals surface area contributed by atoms with Crippen molar-refractivity contribution in [1.82, 2.24) is 19.9 Å². The monoisotopic (exact) mass is 332 g/mol. The number of fused-ring (bicyclic) bond motifs is 1. The first-order valence-electron chi connectivity index (χ1n) is 5.90. The summed E-state index contributed by atoms with van der Waals surface area (Å²) in [4.78, 5) is 11.8. The van der Waals surface area contributed by atoms with E-state index < -0.39 is 0 Å². The fourth-order valence-corrected chi connectivity index (χ4v) is 2.80. The van der Waals surface area contributed by atoms with E-state index in [9.17, 15) is 4.79 Å². The van der Waals surface area contributed by atoms with Crippen LogP contribution in [0.15, 0.2) is 17.4 Å². The van der Waals surface area contributed by atoms with Gasteiger partial charge in [0.25, 0.3) is 0 Å². The number of aromatic nitrogens is 3. The SMILES string of the molecule is CC(C)(C)NC(=O)CSc1nnc2c(Cl)cc(Cl)cn12. The van der Waals surface area contributed by atoms with Crippen molar-refractivity contribution in [3.63, 3.8) is 0 Å². The number of amides is 1. The van der Waals surface area contributed by atoms with Gasteiger partial charge in [-0.3, -0.25) is 9.20 Å². The van der Waals surface area contributed by atoms with Crippen molar-refractivity contribution in [2.24, 2.45) is 0 Å². The van der Waals surface area contributed by atoms with E-state index >= 15 is 0 Å². The number of hydrogen-bond donors (Lipinski definition) is 1. The van der Waals surface area contributed by atoms with Gasteiger partial charge in [-0.15, -0.1) is 10.2 Å². The molecule has 0 saturated carbocycles. The topological polar surface area (TPSA) is 59.3 Å². The largest absolute Gasteiger partial charge is 0.351 e. The van der Waals surface area contributed by atoms with Gasteiger partial charge in [-0.25, -0.2) is 0 Å². The molecule has 5 nitrogen and oxygen atoms in total. The van der Waals surface area contributed by atoms with E-state index in [0.29, 0.717) is 20.8 Å². The Balaban J connectivity index is 2.13. The highest BCUT2D eigenvalue weighted by Crippen LogP contribution is 2.25. The summed E-state index contributed by atoms with van der Waals surface area (Å²) in [5.41, 5.74) is 0.270. The van der Waals surface area contributed by atoms with Crippen LogP contribution in [0.5, 0.6) is 0 Å². The maximum atomic E-state index is 11.8. The molecule has 1 amide bonds. The third-order valence-electron chi connectivity index (χ3n) is 2.24. The highest BCUT2D eigenvalue weighted by atomic mass is 35.5. The van der Waals surface area contributed by atoms with E-state index in [1.165, 1.54) is 11.8 Å². The summed E-state index contributed by atoms with van der Waals surface area (Å²) in [5, 5.41) is 12.4. The number of halogens is 2. The number of hydrogen-bond acceptors (Lipinski definition) is 4. The normalized spacial score (nSPS) is 11.8. The van der Waals surface area contributed by atoms with E-state index in [1.807, 2.05) is 20.8 Å². The van der Waals surface area contributed by atoms with Crippen molar-refractivity contribution in [3.05, 3.63) is 22.3 Å². The van der Waals surface area contributed by atoms with Crippen LogP contribution in [0, 0.1) is 0 Å². The van der Waals surface area contributed by atoms with Crippen LogP contribution in [0.2, 0.25) is 10.0 Å². The molecule has 2 heterocycles. The summed E-state index contributed by atoms with van der Waals surface area (Å²) in [7, 11) is 0. The lowest BCUT2D eigenvalue weighted by atomic mass is 10.1. The first-order chi connectivity index (χ1) is 9.26. The fraction of sp³-hybridized carbons (Fsp3) is 0.417. The lowest BCUT2D eigenvalue weighted by molar-refractivity contribution is -0.119. The van der Waals surface area contributed by atoms with Crippen LogP contribution >= 0.6 is 35.0 Å². The molecule has 2 aromatic rings. The van der Waals surface area contributed by atoms with Gasteiger partial charge in [0.05, 0.1) is 15.8 Å². The second-order valence-electron chi connectivity index (χ2n) is 5.27. The molecule has 0 aliphatic heterocycles. The minimum absolute atomic E-state index is 0.0626. The molecular weight excluding hydrogens is 319 g/mol. The molecule has 0 unspecified atom stereocenters. The van der Waals surface area contributed by atoms with Crippen molar-refractivity contribution in [2.45, 2.75) is 31.5 Å². The smallest absolute Gasteiger partial charge is 0.230 e. The van der Waals surface area contributed by atoms with Crippen LogP contribution in [0.3, 0.4) is 0 Å². The number of rotatable bonds is 3. The first-order valence-corrected chi connectivity index (χ1v) is 7.64. The predicted molar refractivity (Wildman–Crippen MR) is 81.6 cm³/mol. The molecule has 0 bridgehead atoms. The zero-order chi connectivity index (χ0) is 14.9. The highest BCUT2D eigenvalue weighted by Gasteiger charge is 2.16. The molecule has 8 heteroatoms. The van der Waals surface area contributed by atoms with Gasteiger partial charge in [0, 0.05) is 11.7 Å². The second-order valence-corrected chi connectivity index (χ2v) is 7.06. The van der Waals surface area contributed by atoms with Crippen molar-refractivity contribution in [2.75, 3.05) is 5.75 Å². The summed E-state index contributed by atoms with van der Waals surface area (Å²) >= 11 is 13.3. The molecule has 0 fully saturated rings. The molecule has 1 N–H and O–H groups in total. The average Bonchev–Trinajstić information content (AvgIpc) is 2.67. The number of carbonyl (C=O) groups excluding carboxylic acids is 1. The summed E-state index contributed by atoms with van der Waals surface area (Å²) in [6.45, 7) is 5.80. The number of thioether (sulfide) groups is 1. The molecule has 2 aromatic heterocycles. The molecule has 20 heavy (non-hydrogen) atoms. The Labute approximate surface area is 131 Å². The lowest BCUT2D eigenvalue weighted by Crippen LogP contribution is -2.41. The molecule has 2 rings (SSSR count). The third-order valence-corrected chi connectivity index (χ3v) is 3.67. The summed E-state index contributed by atoms with van der Waals surface area (Å²) in [5.74, 6) is 0.190. The minimum Gasteiger partial charge on any atom is -0.351 e. The van der Waals surface area contributed by atoms with E-state index in [1.54, 1.807) is 16.7 Å². The zero-order valence-corrected chi connectivity index (χ0v) is 13.6. The Morgan fingerprint density at radius 3 is 2.75 bits per heavy atom. The zero-order valence-electron chi connectivity index (χ0n) is 11.3.